The number of nitrogens with one attached hydrogen (secondary N) is 1. The average molecular weight is 511 g/mol. The number of anilines is 1. The van der Waals surface area contributed by atoms with E-state index in [1.165, 1.54) is 6.08 Å². The smallest absolute Gasteiger partial charge is 0.266 e. The molecule has 186 valence electrons. The fourth-order valence-electron chi connectivity index (χ4n) is 3.93. The molecule has 0 radical (unpaired) electrons. The molecule has 4 rings (SSSR count). The molecule has 1 amide bonds. The standard InChI is InChI=1S/C31H27ClN2O3/c1-4-36-29-17-23(15-26(18-33)31(35)34-28-13-20(2)9-10-21(28)3)16-27(32)30(29)37-19-22-11-12-24-7-5-6-8-25(24)14-22/h5-17H,4,19H2,1-3H3,(H,34,35)/b26-15+. The maximum atomic E-state index is 12.8. The third-order valence-corrected chi connectivity index (χ3v) is 6.13. The van der Waals surface area contributed by atoms with E-state index in [1.54, 1.807) is 12.1 Å². The van der Waals surface area contributed by atoms with Crippen LogP contribution in [0.2, 0.25) is 5.02 Å². The van der Waals surface area contributed by atoms with E-state index in [4.69, 9.17) is 21.1 Å². The minimum atomic E-state index is -0.498. The molecule has 1 N–H and O–H groups in total. The molecule has 0 aliphatic heterocycles. The van der Waals surface area contributed by atoms with E-state index in [2.05, 4.69) is 29.6 Å². The Bertz CT molecular complexity index is 1540. The molecule has 0 aliphatic rings. The first-order valence-corrected chi connectivity index (χ1v) is 12.3. The summed E-state index contributed by atoms with van der Waals surface area (Å²) in [6, 6.07) is 25.4. The molecular formula is C31H27ClN2O3. The third kappa shape index (κ3) is 6.30. The van der Waals surface area contributed by atoms with Gasteiger partial charge in [-0.15, -0.1) is 0 Å². The Kier molecular flexibility index (Phi) is 8.12. The van der Waals surface area contributed by atoms with Crippen LogP contribution in [0.1, 0.15) is 29.2 Å². The molecule has 0 saturated heterocycles. The number of amides is 1. The number of hydrogen-bond acceptors (Lipinski definition) is 4. The summed E-state index contributed by atoms with van der Waals surface area (Å²) in [7, 11) is 0. The predicted octanol–water partition coefficient (Wildman–Crippen LogP) is 7.63. The normalized spacial score (nSPS) is 11.2. The number of carbonyl (C=O) groups excluding carboxylic acids is 1. The van der Waals surface area contributed by atoms with Crippen LogP contribution in [0, 0.1) is 25.2 Å². The van der Waals surface area contributed by atoms with Gasteiger partial charge in [-0.05, 0) is 84.1 Å². The van der Waals surface area contributed by atoms with Crippen molar-refractivity contribution in [3.05, 3.63) is 106 Å². The molecule has 5 nitrogen and oxygen atoms in total. The minimum absolute atomic E-state index is 0.0516. The monoisotopic (exact) mass is 510 g/mol. The minimum Gasteiger partial charge on any atom is -0.490 e. The van der Waals surface area contributed by atoms with Crippen molar-refractivity contribution >= 4 is 40.0 Å². The van der Waals surface area contributed by atoms with Gasteiger partial charge in [-0.3, -0.25) is 4.79 Å². The van der Waals surface area contributed by atoms with Crippen LogP contribution >= 0.6 is 11.6 Å². The number of aryl methyl sites for hydroxylation is 2. The predicted molar refractivity (Wildman–Crippen MR) is 149 cm³/mol. The SMILES string of the molecule is CCOc1cc(/C=C(\C#N)C(=O)Nc2cc(C)ccc2C)cc(Cl)c1OCc1ccc2ccccc2c1. The molecule has 4 aromatic carbocycles. The van der Waals surface area contributed by atoms with Crippen LogP contribution in [-0.2, 0) is 11.4 Å². The van der Waals surface area contributed by atoms with Gasteiger partial charge in [0.05, 0.1) is 11.6 Å². The lowest BCUT2D eigenvalue weighted by molar-refractivity contribution is -0.112. The Morgan fingerprint density at radius 2 is 1.78 bits per heavy atom. The van der Waals surface area contributed by atoms with Crippen LogP contribution < -0.4 is 14.8 Å². The molecule has 0 heterocycles. The van der Waals surface area contributed by atoms with Crippen LogP contribution in [0.5, 0.6) is 11.5 Å². The number of fused-ring (bicyclic) bond motifs is 1. The van der Waals surface area contributed by atoms with Crippen LogP contribution in [0.15, 0.2) is 78.4 Å². The largest absolute Gasteiger partial charge is 0.490 e. The van der Waals surface area contributed by atoms with Gasteiger partial charge in [0.15, 0.2) is 11.5 Å². The molecule has 0 saturated carbocycles. The topological polar surface area (TPSA) is 71.3 Å². The number of nitriles is 1. The highest BCUT2D eigenvalue weighted by atomic mass is 35.5. The molecule has 0 fully saturated rings. The molecule has 37 heavy (non-hydrogen) atoms. The summed E-state index contributed by atoms with van der Waals surface area (Å²) in [5, 5.41) is 15.1. The second-order valence-corrected chi connectivity index (χ2v) is 9.08. The number of carbonyl (C=O) groups is 1. The lowest BCUT2D eigenvalue weighted by Crippen LogP contribution is -2.14. The molecule has 0 spiro atoms. The first-order valence-electron chi connectivity index (χ1n) is 11.9. The van der Waals surface area contributed by atoms with Gasteiger partial charge in [0, 0.05) is 5.69 Å². The Balaban J connectivity index is 1.57. The van der Waals surface area contributed by atoms with Crippen molar-refractivity contribution in [1.82, 2.24) is 0 Å². The van der Waals surface area contributed by atoms with E-state index in [-0.39, 0.29) is 5.57 Å². The van der Waals surface area contributed by atoms with E-state index in [0.717, 1.165) is 27.5 Å². The Labute approximate surface area is 221 Å². The number of ether oxygens (including phenoxy) is 2. The van der Waals surface area contributed by atoms with Gasteiger partial charge in [-0.25, -0.2) is 0 Å². The fraction of sp³-hybridized carbons (Fsp3) is 0.161. The number of nitrogens with zero attached hydrogens (tertiary/aromatic N) is 1. The summed E-state index contributed by atoms with van der Waals surface area (Å²) in [5.41, 5.74) is 4.08. The Hall–Kier alpha value is -4.27. The molecule has 0 atom stereocenters. The maximum Gasteiger partial charge on any atom is 0.266 e. The zero-order chi connectivity index (χ0) is 26.4. The lowest BCUT2D eigenvalue weighted by atomic mass is 10.1. The van der Waals surface area contributed by atoms with E-state index < -0.39 is 5.91 Å². The first kappa shape index (κ1) is 25.8. The van der Waals surface area contributed by atoms with E-state index in [0.29, 0.717) is 41.0 Å². The Morgan fingerprint density at radius 1 is 1.00 bits per heavy atom. The molecule has 6 heteroatoms. The highest BCUT2D eigenvalue weighted by Gasteiger charge is 2.16. The molecule has 0 aliphatic carbocycles. The van der Waals surface area contributed by atoms with E-state index in [1.807, 2.05) is 63.2 Å². The van der Waals surface area contributed by atoms with Crippen molar-refractivity contribution in [3.63, 3.8) is 0 Å². The van der Waals surface area contributed by atoms with Crippen molar-refractivity contribution in [1.29, 1.82) is 5.26 Å². The summed E-state index contributed by atoms with van der Waals surface area (Å²) >= 11 is 6.59. The van der Waals surface area contributed by atoms with Crippen molar-refractivity contribution in [2.75, 3.05) is 11.9 Å². The van der Waals surface area contributed by atoms with Gasteiger partial charge < -0.3 is 14.8 Å². The van der Waals surface area contributed by atoms with Crippen LogP contribution in [0.4, 0.5) is 5.69 Å². The van der Waals surface area contributed by atoms with Gasteiger partial charge in [-0.1, -0.05) is 60.1 Å². The zero-order valence-corrected chi connectivity index (χ0v) is 21.7. The van der Waals surface area contributed by atoms with Crippen LogP contribution in [-0.4, -0.2) is 12.5 Å². The maximum absolute atomic E-state index is 12.8. The second kappa shape index (κ2) is 11.6. The molecular weight excluding hydrogens is 484 g/mol. The van der Waals surface area contributed by atoms with Gasteiger partial charge in [0.1, 0.15) is 18.2 Å². The van der Waals surface area contributed by atoms with Crippen molar-refractivity contribution in [3.8, 4) is 17.6 Å². The highest BCUT2D eigenvalue weighted by Crippen LogP contribution is 2.38. The summed E-state index contributed by atoms with van der Waals surface area (Å²) in [5.74, 6) is 0.350. The van der Waals surface area contributed by atoms with Crippen molar-refractivity contribution in [2.24, 2.45) is 0 Å². The van der Waals surface area contributed by atoms with Crippen LogP contribution in [0.3, 0.4) is 0 Å². The summed E-state index contributed by atoms with van der Waals surface area (Å²) in [6.07, 6.45) is 1.49. The number of hydrogen-bond donors (Lipinski definition) is 1. The number of benzene rings is 4. The van der Waals surface area contributed by atoms with Crippen LogP contribution in [0.25, 0.3) is 16.8 Å². The summed E-state index contributed by atoms with van der Waals surface area (Å²) < 4.78 is 11.9. The van der Waals surface area contributed by atoms with E-state index >= 15 is 0 Å². The first-order chi connectivity index (χ1) is 17.9. The molecule has 0 unspecified atom stereocenters. The number of rotatable bonds is 8. The van der Waals surface area contributed by atoms with Gasteiger partial charge in [-0.2, -0.15) is 5.26 Å². The van der Waals surface area contributed by atoms with Crippen molar-refractivity contribution < 1.29 is 14.3 Å². The summed E-state index contributed by atoms with van der Waals surface area (Å²) in [4.78, 5) is 12.8. The molecule has 0 bridgehead atoms. The van der Waals surface area contributed by atoms with Gasteiger partial charge in [0.25, 0.3) is 5.91 Å². The Morgan fingerprint density at radius 3 is 2.54 bits per heavy atom. The summed E-state index contributed by atoms with van der Waals surface area (Å²) in [6.45, 7) is 6.41. The highest BCUT2D eigenvalue weighted by molar-refractivity contribution is 6.32. The average Bonchev–Trinajstić information content (AvgIpc) is 2.89. The lowest BCUT2D eigenvalue weighted by Gasteiger charge is -2.15. The van der Waals surface area contributed by atoms with Gasteiger partial charge in [0.2, 0.25) is 0 Å². The van der Waals surface area contributed by atoms with Gasteiger partial charge >= 0.3 is 0 Å². The second-order valence-electron chi connectivity index (χ2n) is 8.68. The quantitative estimate of drug-likeness (QED) is 0.195. The fourth-order valence-corrected chi connectivity index (χ4v) is 4.21. The molecule has 0 aromatic heterocycles. The molecule has 4 aromatic rings. The number of halogens is 1. The zero-order valence-electron chi connectivity index (χ0n) is 21.0. The third-order valence-electron chi connectivity index (χ3n) is 5.85. The van der Waals surface area contributed by atoms with E-state index in [9.17, 15) is 10.1 Å². The van der Waals surface area contributed by atoms with Crippen molar-refractivity contribution in [2.45, 2.75) is 27.4 Å².